The number of carbonyl (C=O) groups excluding carboxylic acids is 1. The summed E-state index contributed by atoms with van der Waals surface area (Å²) < 4.78 is 5.02. The van der Waals surface area contributed by atoms with Crippen LogP contribution in [-0.2, 0) is 0 Å². The van der Waals surface area contributed by atoms with Gasteiger partial charge in [0.2, 0.25) is 0 Å². The molecule has 1 aromatic rings. The summed E-state index contributed by atoms with van der Waals surface area (Å²) in [5, 5.41) is 13.4. The van der Waals surface area contributed by atoms with Crippen molar-refractivity contribution in [2.75, 3.05) is 13.7 Å². The van der Waals surface area contributed by atoms with Crippen molar-refractivity contribution in [2.24, 2.45) is 0 Å². The predicted molar refractivity (Wildman–Crippen MR) is 80.9 cm³/mol. The number of hydrogen-bond acceptors (Lipinski definition) is 3. The zero-order valence-electron chi connectivity index (χ0n) is 11.8. The number of rotatable bonds is 6. The molecule has 0 atom stereocenters. The van der Waals surface area contributed by atoms with Gasteiger partial charge in [-0.2, -0.15) is 0 Å². The van der Waals surface area contributed by atoms with Gasteiger partial charge in [0, 0.05) is 12.1 Å². The Labute approximate surface area is 129 Å². The van der Waals surface area contributed by atoms with Crippen LogP contribution in [0.3, 0.4) is 0 Å². The minimum Gasteiger partial charge on any atom is -0.494 e. The van der Waals surface area contributed by atoms with E-state index in [9.17, 15) is 9.90 Å². The van der Waals surface area contributed by atoms with E-state index in [1.165, 1.54) is 19.2 Å². The first kappa shape index (κ1) is 17.1. The van der Waals surface area contributed by atoms with Gasteiger partial charge in [0.1, 0.15) is 0 Å². The molecule has 0 saturated heterocycles. The summed E-state index contributed by atoms with van der Waals surface area (Å²) in [6, 6.07) is 2.97. The average molecular weight is 320 g/mol. The largest absolute Gasteiger partial charge is 0.494 e. The topological polar surface area (TPSA) is 58.6 Å². The lowest BCUT2D eigenvalue weighted by atomic mass is 9.97. The summed E-state index contributed by atoms with van der Waals surface area (Å²) in [4.78, 5) is 12.0. The van der Waals surface area contributed by atoms with E-state index < -0.39 is 5.60 Å². The molecule has 6 heteroatoms. The van der Waals surface area contributed by atoms with Gasteiger partial charge in [-0.15, -0.1) is 0 Å². The number of aliphatic hydroxyl groups is 1. The predicted octanol–water partition coefficient (Wildman–Crippen LogP) is 3.28. The molecule has 0 unspecified atom stereocenters. The van der Waals surface area contributed by atoms with Crippen molar-refractivity contribution in [3.8, 4) is 5.75 Å². The fourth-order valence-corrected chi connectivity index (χ4v) is 2.37. The molecule has 0 bridgehead atoms. The van der Waals surface area contributed by atoms with Gasteiger partial charge in [-0.3, -0.25) is 4.79 Å². The Kier molecular flexibility index (Phi) is 6.11. The van der Waals surface area contributed by atoms with E-state index in [1.807, 2.05) is 13.8 Å². The molecular formula is C14H19Cl2NO3. The van der Waals surface area contributed by atoms with Crippen LogP contribution in [0.1, 0.15) is 37.0 Å². The van der Waals surface area contributed by atoms with Crippen molar-refractivity contribution >= 4 is 29.1 Å². The Balaban J connectivity index is 2.84. The van der Waals surface area contributed by atoms with Crippen molar-refractivity contribution in [1.29, 1.82) is 0 Å². The SMILES string of the molecule is CCC(O)(CC)CNC(=O)c1cc(Cl)c(OC)c(Cl)c1. The molecule has 1 aromatic carbocycles. The summed E-state index contributed by atoms with van der Waals surface area (Å²) in [6.45, 7) is 3.92. The molecule has 112 valence electrons. The van der Waals surface area contributed by atoms with Crippen LogP contribution in [0.5, 0.6) is 5.75 Å². The number of nitrogens with one attached hydrogen (secondary N) is 1. The molecule has 20 heavy (non-hydrogen) atoms. The molecule has 0 aliphatic heterocycles. The lowest BCUT2D eigenvalue weighted by Gasteiger charge is -2.25. The second-order valence-electron chi connectivity index (χ2n) is 4.59. The van der Waals surface area contributed by atoms with Gasteiger partial charge in [-0.05, 0) is 25.0 Å². The molecule has 0 aliphatic carbocycles. The van der Waals surface area contributed by atoms with Crippen molar-refractivity contribution in [3.05, 3.63) is 27.7 Å². The monoisotopic (exact) mass is 319 g/mol. The summed E-state index contributed by atoms with van der Waals surface area (Å²) in [6.07, 6.45) is 1.13. The van der Waals surface area contributed by atoms with Crippen molar-refractivity contribution < 1.29 is 14.6 Å². The maximum atomic E-state index is 12.0. The van der Waals surface area contributed by atoms with Crippen molar-refractivity contribution in [2.45, 2.75) is 32.3 Å². The molecule has 1 amide bonds. The van der Waals surface area contributed by atoms with Gasteiger partial charge < -0.3 is 15.2 Å². The quantitative estimate of drug-likeness (QED) is 0.846. The van der Waals surface area contributed by atoms with Crippen molar-refractivity contribution in [1.82, 2.24) is 5.32 Å². The van der Waals surface area contributed by atoms with E-state index in [2.05, 4.69) is 5.32 Å². The fraction of sp³-hybridized carbons (Fsp3) is 0.500. The average Bonchev–Trinajstić information content (AvgIpc) is 2.44. The number of halogens is 2. The molecule has 0 heterocycles. The van der Waals surface area contributed by atoms with Gasteiger partial charge in [0.05, 0.1) is 22.8 Å². The summed E-state index contributed by atoms with van der Waals surface area (Å²) in [7, 11) is 1.45. The third-order valence-electron chi connectivity index (χ3n) is 3.36. The first-order valence-electron chi connectivity index (χ1n) is 6.40. The van der Waals surface area contributed by atoms with E-state index in [0.29, 0.717) is 24.2 Å². The molecule has 0 spiro atoms. The minimum absolute atomic E-state index is 0.181. The Bertz CT molecular complexity index is 464. The van der Waals surface area contributed by atoms with E-state index in [4.69, 9.17) is 27.9 Å². The smallest absolute Gasteiger partial charge is 0.251 e. The van der Waals surface area contributed by atoms with E-state index in [0.717, 1.165) is 0 Å². The van der Waals surface area contributed by atoms with E-state index in [1.54, 1.807) is 0 Å². The third kappa shape index (κ3) is 4.01. The normalized spacial score (nSPS) is 11.3. The maximum Gasteiger partial charge on any atom is 0.251 e. The van der Waals surface area contributed by atoms with Gasteiger partial charge >= 0.3 is 0 Å². The maximum absolute atomic E-state index is 12.0. The van der Waals surface area contributed by atoms with Gasteiger partial charge in [-0.1, -0.05) is 37.0 Å². The van der Waals surface area contributed by atoms with E-state index >= 15 is 0 Å². The Morgan fingerprint density at radius 3 is 2.20 bits per heavy atom. The van der Waals surface area contributed by atoms with Crippen LogP contribution < -0.4 is 10.1 Å². The first-order valence-corrected chi connectivity index (χ1v) is 7.16. The van der Waals surface area contributed by atoms with Crippen LogP contribution in [-0.4, -0.2) is 30.3 Å². The fourth-order valence-electron chi connectivity index (χ4n) is 1.73. The third-order valence-corrected chi connectivity index (χ3v) is 3.92. The number of benzene rings is 1. The van der Waals surface area contributed by atoms with Gasteiger partial charge in [0.15, 0.2) is 5.75 Å². The molecule has 0 fully saturated rings. The molecule has 1 rings (SSSR count). The highest BCUT2D eigenvalue weighted by molar-refractivity contribution is 6.37. The highest BCUT2D eigenvalue weighted by Crippen LogP contribution is 2.33. The second kappa shape index (κ2) is 7.16. The second-order valence-corrected chi connectivity index (χ2v) is 5.40. The summed E-state index contributed by atoms with van der Waals surface area (Å²) in [5.41, 5.74) is -0.564. The van der Waals surface area contributed by atoms with Crippen LogP contribution in [0, 0.1) is 0 Å². The standard InChI is InChI=1S/C14H19Cl2NO3/c1-4-14(19,5-2)8-17-13(18)9-6-10(15)12(20-3)11(16)7-9/h6-7,19H,4-5,8H2,1-3H3,(H,17,18). The number of amides is 1. The van der Waals surface area contributed by atoms with Gasteiger partial charge in [-0.25, -0.2) is 0 Å². The zero-order chi connectivity index (χ0) is 15.3. The summed E-state index contributed by atoms with van der Waals surface area (Å²) in [5.74, 6) is 0.000262. The Hall–Kier alpha value is -0.970. The van der Waals surface area contributed by atoms with Gasteiger partial charge in [0.25, 0.3) is 5.91 Å². The highest BCUT2D eigenvalue weighted by Gasteiger charge is 2.23. The van der Waals surface area contributed by atoms with Crippen molar-refractivity contribution in [3.63, 3.8) is 0 Å². The molecular weight excluding hydrogens is 301 g/mol. The minimum atomic E-state index is -0.893. The number of hydrogen-bond donors (Lipinski definition) is 2. The van der Waals surface area contributed by atoms with Crippen LogP contribution in [0.25, 0.3) is 0 Å². The van der Waals surface area contributed by atoms with Crippen LogP contribution in [0.4, 0.5) is 0 Å². The van der Waals surface area contributed by atoms with E-state index in [-0.39, 0.29) is 22.5 Å². The Morgan fingerprint density at radius 1 is 1.30 bits per heavy atom. The molecule has 0 aromatic heterocycles. The molecule has 0 saturated carbocycles. The number of methoxy groups -OCH3 is 1. The molecule has 0 aliphatic rings. The lowest BCUT2D eigenvalue weighted by molar-refractivity contribution is 0.0314. The number of ether oxygens (including phenoxy) is 1. The van der Waals surface area contributed by atoms with Crippen LogP contribution in [0.2, 0.25) is 10.0 Å². The van der Waals surface area contributed by atoms with Crippen LogP contribution >= 0.6 is 23.2 Å². The highest BCUT2D eigenvalue weighted by atomic mass is 35.5. The molecule has 0 radical (unpaired) electrons. The molecule has 2 N–H and O–H groups in total. The first-order chi connectivity index (χ1) is 9.36. The Morgan fingerprint density at radius 2 is 1.80 bits per heavy atom. The lowest BCUT2D eigenvalue weighted by Crippen LogP contribution is -2.42. The zero-order valence-corrected chi connectivity index (χ0v) is 13.3. The number of carbonyl (C=O) groups is 1. The molecule has 4 nitrogen and oxygen atoms in total. The summed E-state index contributed by atoms with van der Waals surface area (Å²) >= 11 is 12.0. The van der Waals surface area contributed by atoms with Crippen LogP contribution in [0.15, 0.2) is 12.1 Å².